The molecule has 4 heteroatoms. The zero-order valence-corrected chi connectivity index (χ0v) is 12.7. The van der Waals surface area contributed by atoms with Gasteiger partial charge in [-0.05, 0) is 49.2 Å². The van der Waals surface area contributed by atoms with Gasteiger partial charge in [-0.1, -0.05) is 6.07 Å². The van der Waals surface area contributed by atoms with Crippen molar-refractivity contribution >= 4 is 5.91 Å². The first-order valence-electron chi connectivity index (χ1n) is 6.93. The largest absolute Gasteiger partial charge is 0.492 e. The number of likely N-dealkylation sites (N-methyl/N-ethyl adjacent to an activating group) is 1. The highest BCUT2D eigenvalue weighted by Gasteiger charge is 2.10. The van der Waals surface area contributed by atoms with E-state index in [0.29, 0.717) is 18.7 Å². The van der Waals surface area contributed by atoms with Gasteiger partial charge >= 0.3 is 0 Å². The summed E-state index contributed by atoms with van der Waals surface area (Å²) < 4.78 is 5.72. The molecule has 0 atom stereocenters. The molecule has 4 nitrogen and oxygen atoms in total. The molecule has 0 spiro atoms. The molecule has 2 aromatic rings. The SMILES string of the molecule is Cc1cc(C)cc(OCCN(C)C(=O)c2ccncc2)c1. The smallest absolute Gasteiger partial charge is 0.253 e. The van der Waals surface area contributed by atoms with Crippen molar-refractivity contribution in [2.45, 2.75) is 13.8 Å². The molecule has 0 radical (unpaired) electrons. The van der Waals surface area contributed by atoms with Crippen LogP contribution >= 0.6 is 0 Å². The number of benzene rings is 1. The van der Waals surface area contributed by atoms with E-state index in [1.807, 2.05) is 26.0 Å². The zero-order chi connectivity index (χ0) is 15.2. The Kier molecular flexibility index (Phi) is 4.93. The first kappa shape index (κ1) is 15.0. The highest BCUT2D eigenvalue weighted by atomic mass is 16.5. The van der Waals surface area contributed by atoms with Crippen molar-refractivity contribution in [2.75, 3.05) is 20.2 Å². The highest BCUT2D eigenvalue weighted by Crippen LogP contribution is 2.16. The van der Waals surface area contributed by atoms with E-state index in [0.717, 1.165) is 5.75 Å². The third-order valence-electron chi connectivity index (χ3n) is 3.16. The molecule has 1 aromatic heterocycles. The quantitative estimate of drug-likeness (QED) is 0.848. The van der Waals surface area contributed by atoms with E-state index in [1.165, 1.54) is 11.1 Å². The third kappa shape index (κ3) is 4.31. The summed E-state index contributed by atoms with van der Waals surface area (Å²) in [5.41, 5.74) is 2.98. The fourth-order valence-corrected chi connectivity index (χ4v) is 2.13. The Morgan fingerprint density at radius 3 is 2.38 bits per heavy atom. The molecule has 0 aliphatic rings. The number of hydrogen-bond donors (Lipinski definition) is 0. The lowest BCUT2D eigenvalue weighted by Gasteiger charge is -2.17. The minimum Gasteiger partial charge on any atom is -0.492 e. The molecule has 0 saturated heterocycles. The number of hydrogen-bond acceptors (Lipinski definition) is 3. The Bertz CT molecular complexity index is 591. The van der Waals surface area contributed by atoms with Crippen molar-refractivity contribution in [1.29, 1.82) is 0 Å². The van der Waals surface area contributed by atoms with Gasteiger partial charge in [-0.15, -0.1) is 0 Å². The number of rotatable bonds is 5. The molecule has 0 unspecified atom stereocenters. The third-order valence-corrected chi connectivity index (χ3v) is 3.16. The van der Waals surface area contributed by atoms with Gasteiger partial charge in [-0.3, -0.25) is 9.78 Å². The van der Waals surface area contributed by atoms with Crippen molar-refractivity contribution in [1.82, 2.24) is 9.88 Å². The van der Waals surface area contributed by atoms with Gasteiger partial charge in [0.2, 0.25) is 0 Å². The van der Waals surface area contributed by atoms with Gasteiger partial charge in [0.05, 0.1) is 6.54 Å². The summed E-state index contributed by atoms with van der Waals surface area (Å²) >= 11 is 0. The van der Waals surface area contributed by atoms with E-state index < -0.39 is 0 Å². The number of carbonyl (C=O) groups excluding carboxylic acids is 1. The van der Waals surface area contributed by atoms with Crippen LogP contribution in [0, 0.1) is 13.8 Å². The van der Waals surface area contributed by atoms with Crippen molar-refractivity contribution < 1.29 is 9.53 Å². The standard InChI is InChI=1S/C17H20N2O2/c1-13-10-14(2)12-16(11-13)21-9-8-19(3)17(20)15-4-6-18-7-5-15/h4-7,10-12H,8-9H2,1-3H3. The van der Waals surface area contributed by atoms with Crippen molar-refractivity contribution in [3.05, 3.63) is 59.4 Å². The molecule has 0 aliphatic carbocycles. The van der Waals surface area contributed by atoms with Crippen LogP contribution in [0.4, 0.5) is 0 Å². The van der Waals surface area contributed by atoms with Crippen LogP contribution in [0.2, 0.25) is 0 Å². The molecule has 2 rings (SSSR count). The number of aromatic nitrogens is 1. The Balaban J connectivity index is 1.87. The average Bonchev–Trinajstić information content (AvgIpc) is 2.46. The van der Waals surface area contributed by atoms with Crippen molar-refractivity contribution in [3.8, 4) is 5.75 Å². The predicted molar refractivity (Wildman–Crippen MR) is 82.6 cm³/mol. The normalized spacial score (nSPS) is 10.2. The maximum absolute atomic E-state index is 12.1. The molecule has 0 fully saturated rings. The fourth-order valence-electron chi connectivity index (χ4n) is 2.13. The van der Waals surface area contributed by atoms with E-state index in [-0.39, 0.29) is 5.91 Å². The molecular weight excluding hydrogens is 264 g/mol. The van der Waals surface area contributed by atoms with Crippen LogP contribution in [0.15, 0.2) is 42.7 Å². The monoisotopic (exact) mass is 284 g/mol. The molecular formula is C17H20N2O2. The maximum atomic E-state index is 12.1. The van der Waals surface area contributed by atoms with Gasteiger partial charge in [0.1, 0.15) is 12.4 Å². The van der Waals surface area contributed by atoms with Crippen LogP contribution in [0.5, 0.6) is 5.75 Å². The minimum atomic E-state index is -0.0265. The van der Waals surface area contributed by atoms with Crippen molar-refractivity contribution in [3.63, 3.8) is 0 Å². The Labute approximate surface area is 125 Å². The van der Waals surface area contributed by atoms with E-state index in [1.54, 1.807) is 36.5 Å². The highest BCUT2D eigenvalue weighted by molar-refractivity contribution is 5.93. The number of nitrogens with zero attached hydrogens (tertiary/aromatic N) is 2. The topological polar surface area (TPSA) is 42.4 Å². The predicted octanol–water partition coefficient (Wildman–Crippen LogP) is 2.85. The Morgan fingerprint density at radius 2 is 1.76 bits per heavy atom. The molecule has 21 heavy (non-hydrogen) atoms. The van der Waals surface area contributed by atoms with Crippen molar-refractivity contribution in [2.24, 2.45) is 0 Å². The van der Waals surface area contributed by atoms with Gasteiger partial charge < -0.3 is 9.64 Å². The lowest BCUT2D eigenvalue weighted by Crippen LogP contribution is -2.30. The van der Waals surface area contributed by atoms with Crippen LogP contribution in [0.3, 0.4) is 0 Å². The molecule has 1 heterocycles. The molecule has 0 aliphatic heterocycles. The maximum Gasteiger partial charge on any atom is 0.253 e. The fraction of sp³-hybridized carbons (Fsp3) is 0.294. The average molecular weight is 284 g/mol. The van der Waals surface area contributed by atoms with E-state index in [4.69, 9.17) is 4.74 Å². The first-order chi connectivity index (χ1) is 10.1. The van der Waals surface area contributed by atoms with Crippen LogP contribution in [0.1, 0.15) is 21.5 Å². The summed E-state index contributed by atoms with van der Waals surface area (Å²) in [6, 6.07) is 9.52. The summed E-state index contributed by atoms with van der Waals surface area (Å²) in [7, 11) is 1.77. The zero-order valence-electron chi connectivity index (χ0n) is 12.7. The Morgan fingerprint density at radius 1 is 1.14 bits per heavy atom. The second kappa shape index (κ2) is 6.88. The van der Waals surface area contributed by atoms with Gasteiger partial charge in [0.15, 0.2) is 0 Å². The van der Waals surface area contributed by atoms with Crippen LogP contribution < -0.4 is 4.74 Å². The van der Waals surface area contributed by atoms with Gasteiger partial charge in [0.25, 0.3) is 5.91 Å². The van der Waals surface area contributed by atoms with Crippen LogP contribution in [0.25, 0.3) is 0 Å². The second-order valence-electron chi connectivity index (χ2n) is 5.13. The van der Waals surface area contributed by atoms with Gasteiger partial charge in [-0.2, -0.15) is 0 Å². The lowest BCUT2D eigenvalue weighted by molar-refractivity contribution is 0.0773. The van der Waals surface area contributed by atoms with Gasteiger partial charge in [0, 0.05) is 25.0 Å². The second-order valence-corrected chi connectivity index (χ2v) is 5.13. The van der Waals surface area contributed by atoms with E-state index in [2.05, 4.69) is 11.1 Å². The van der Waals surface area contributed by atoms with Crippen LogP contribution in [-0.4, -0.2) is 36.0 Å². The molecule has 110 valence electrons. The molecule has 0 bridgehead atoms. The first-order valence-corrected chi connectivity index (χ1v) is 6.93. The number of amides is 1. The minimum absolute atomic E-state index is 0.0265. The lowest BCUT2D eigenvalue weighted by atomic mass is 10.1. The van der Waals surface area contributed by atoms with Gasteiger partial charge in [-0.25, -0.2) is 0 Å². The number of aryl methyl sites for hydroxylation is 2. The molecule has 1 amide bonds. The van der Waals surface area contributed by atoms with E-state index in [9.17, 15) is 4.79 Å². The number of carbonyl (C=O) groups is 1. The summed E-state index contributed by atoms with van der Waals surface area (Å²) in [6.07, 6.45) is 3.24. The molecule has 1 aromatic carbocycles. The van der Waals surface area contributed by atoms with Crippen LogP contribution in [-0.2, 0) is 0 Å². The summed E-state index contributed by atoms with van der Waals surface area (Å²) in [5.74, 6) is 0.818. The number of ether oxygens (including phenoxy) is 1. The summed E-state index contributed by atoms with van der Waals surface area (Å²) in [5, 5.41) is 0. The molecule has 0 N–H and O–H groups in total. The van der Waals surface area contributed by atoms with E-state index >= 15 is 0 Å². The summed E-state index contributed by atoms with van der Waals surface area (Å²) in [6.45, 7) is 5.09. The molecule has 0 saturated carbocycles. The Hall–Kier alpha value is -2.36. The summed E-state index contributed by atoms with van der Waals surface area (Å²) in [4.78, 5) is 17.7. The number of pyridine rings is 1.